The van der Waals surface area contributed by atoms with Gasteiger partial charge in [-0.3, -0.25) is 15.0 Å². The van der Waals surface area contributed by atoms with Crippen molar-refractivity contribution in [3.63, 3.8) is 0 Å². The minimum atomic E-state index is -0.473. The number of phenols is 1. The molecule has 1 rings (SSSR count). The van der Waals surface area contributed by atoms with Crippen LogP contribution in [0.4, 0.5) is 0 Å². The normalized spacial score (nSPS) is 10.8. The average Bonchev–Trinajstić information content (AvgIpc) is 2.25. The van der Waals surface area contributed by atoms with Crippen LogP contribution in [0.2, 0.25) is 0 Å². The van der Waals surface area contributed by atoms with Gasteiger partial charge in [-0.05, 0) is 26.0 Å². The molecule has 0 aromatic heterocycles. The topological polar surface area (TPSA) is 78.4 Å². The van der Waals surface area contributed by atoms with Crippen LogP contribution in [0.5, 0.6) is 5.75 Å². The van der Waals surface area contributed by atoms with Gasteiger partial charge in [0.2, 0.25) is 0 Å². The van der Waals surface area contributed by atoms with E-state index in [1.807, 2.05) is 0 Å². The van der Waals surface area contributed by atoms with Crippen molar-refractivity contribution in [2.75, 3.05) is 0 Å². The molecule has 0 aliphatic heterocycles. The monoisotopic (exact) mass is 234 g/mol. The Balaban J connectivity index is 2.63. The standard InChI is InChI=1S/C12H14N2O3/c1-8(7-9(2)15)13-14-12(17)10-5-3-4-6-11(10)16/h3-7,13,16H,1-2H3,(H,14,17)/b8-7+. The Hall–Kier alpha value is -2.30. The van der Waals surface area contributed by atoms with E-state index in [9.17, 15) is 14.7 Å². The van der Waals surface area contributed by atoms with Crippen molar-refractivity contribution in [3.8, 4) is 5.75 Å². The van der Waals surface area contributed by atoms with E-state index in [4.69, 9.17) is 0 Å². The Labute approximate surface area is 99.1 Å². The number of hydrazine groups is 1. The van der Waals surface area contributed by atoms with Gasteiger partial charge in [0, 0.05) is 11.8 Å². The Morgan fingerprint density at radius 3 is 2.41 bits per heavy atom. The first-order valence-electron chi connectivity index (χ1n) is 5.04. The molecule has 0 aliphatic carbocycles. The molecule has 0 aliphatic rings. The molecule has 5 heteroatoms. The summed E-state index contributed by atoms with van der Waals surface area (Å²) in [5.74, 6) is -0.689. The molecule has 1 aromatic rings. The van der Waals surface area contributed by atoms with Gasteiger partial charge in [-0.2, -0.15) is 0 Å². The van der Waals surface area contributed by atoms with Crippen LogP contribution in [0.1, 0.15) is 24.2 Å². The van der Waals surface area contributed by atoms with Crippen LogP contribution in [0.3, 0.4) is 0 Å². The molecule has 90 valence electrons. The highest BCUT2D eigenvalue weighted by Gasteiger charge is 2.09. The zero-order chi connectivity index (χ0) is 12.8. The fourth-order valence-electron chi connectivity index (χ4n) is 1.23. The fraction of sp³-hybridized carbons (Fsp3) is 0.167. The lowest BCUT2D eigenvalue weighted by Gasteiger charge is -2.09. The van der Waals surface area contributed by atoms with Crippen molar-refractivity contribution >= 4 is 11.7 Å². The summed E-state index contributed by atoms with van der Waals surface area (Å²) >= 11 is 0. The molecule has 0 fully saturated rings. The average molecular weight is 234 g/mol. The van der Waals surface area contributed by atoms with E-state index >= 15 is 0 Å². The number of para-hydroxylation sites is 1. The van der Waals surface area contributed by atoms with Crippen LogP contribution < -0.4 is 10.9 Å². The molecule has 0 saturated heterocycles. The Morgan fingerprint density at radius 1 is 1.18 bits per heavy atom. The van der Waals surface area contributed by atoms with Gasteiger partial charge in [0.05, 0.1) is 5.56 Å². The molecular weight excluding hydrogens is 220 g/mol. The quantitative estimate of drug-likeness (QED) is 0.539. The van der Waals surface area contributed by atoms with Gasteiger partial charge in [0.25, 0.3) is 5.91 Å². The lowest BCUT2D eigenvalue weighted by atomic mass is 10.2. The Bertz CT molecular complexity index is 467. The molecule has 0 heterocycles. The summed E-state index contributed by atoms with van der Waals surface area (Å²) in [4.78, 5) is 22.4. The maximum absolute atomic E-state index is 11.6. The van der Waals surface area contributed by atoms with Crippen LogP contribution in [-0.2, 0) is 4.79 Å². The third kappa shape index (κ3) is 3.98. The summed E-state index contributed by atoms with van der Waals surface area (Å²) in [5, 5.41) is 9.43. The lowest BCUT2D eigenvalue weighted by molar-refractivity contribution is -0.112. The zero-order valence-corrected chi connectivity index (χ0v) is 9.65. The van der Waals surface area contributed by atoms with Crippen LogP contribution >= 0.6 is 0 Å². The molecule has 0 spiro atoms. The van der Waals surface area contributed by atoms with Gasteiger partial charge in [-0.1, -0.05) is 12.1 Å². The van der Waals surface area contributed by atoms with Gasteiger partial charge in [-0.25, -0.2) is 0 Å². The largest absolute Gasteiger partial charge is 0.507 e. The van der Waals surface area contributed by atoms with E-state index in [1.54, 1.807) is 19.1 Å². The van der Waals surface area contributed by atoms with Gasteiger partial charge in [0.15, 0.2) is 5.78 Å². The highest BCUT2D eigenvalue weighted by Crippen LogP contribution is 2.14. The molecule has 0 atom stereocenters. The molecule has 1 aromatic carbocycles. The number of phenolic OH excluding ortho intramolecular Hbond substituents is 1. The van der Waals surface area contributed by atoms with Crippen LogP contribution in [-0.4, -0.2) is 16.8 Å². The Kier molecular flexibility index (Phi) is 4.28. The molecular formula is C12H14N2O3. The van der Waals surface area contributed by atoms with Crippen molar-refractivity contribution < 1.29 is 14.7 Å². The highest BCUT2D eigenvalue weighted by molar-refractivity contribution is 5.96. The van der Waals surface area contributed by atoms with E-state index < -0.39 is 5.91 Å². The minimum Gasteiger partial charge on any atom is -0.507 e. The summed E-state index contributed by atoms with van der Waals surface area (Å²) in [6.07, 6.45) is 1.35. The Morgan fingerprint density at radius 2 is 1.82 bits per heavy atom. The van der Waals surface area contributed by atoms with Gasteiger partial charge < -0.3 is 10.5 Å². The summed E-state index contributed by atoms with van der Waals surface area (Å²) in [7, 11) is 0. The van der Waals surface area contributed by atoms with Crippen molar-refractivity contribution in [3.05, 3.63) is 41.6 Å². The maximum Gasteiger partial charge on any atom is 0.273 e. The third-order valence-electron chi connectivity index (χ3n) is 1.94. The van der Waals surface area contributed by atoms with E-state index in [2.05, 4.69) is 10.9 Å². The number of ketones is 1. The van der Waals surface area contributed by atoms with Crippen LogP contribution in [0.25, 0.3) is 0 Å². The molecule has 5 nitrogen and oxygen atoms in total. The summed E-state index contributed by atoms with van der Waals surface area (Å²) in [6.45, 7) is 3.06. The molecule has 1 amide bonds. The first-order valence-corrected chi connectivity index (χ1v) is 5.04. The van der Waals surface area contributed by atoms with Crippen molar-refractivity contribution in [2.24, 2.45) is 0 Å². The predicted octanol–water partition coefficient (Wildman–Crippen LogP) is 1.12. The van der Waals surface area contributed by atoms with Crippen molar-refractivity contribution in [1.82, 2.24) is 10.9 Å². The minimum absolute atomic E-state index is 0.0972. The second-order valence-corrected chi connectivity index (χ2v) is 3.53. The number of rotatable bonds is 4. The predicted molar refractivity (Wildman–Crippen MR) is 63.1 cm³/mol. The number of aromatic hydroxyl groups is 1. The fourth-order valence-corrected chi connectivity index (χ4v) is 1.23. The van der Waals surface area contributed by atoms with E-state index in [-0.39, 0.29) is 17.1 Å². The second kappa shape index (κ2) is 5.69. The third-order valence-corrected chi connectivity index (χ3v) is 1.94. The SMILES string of the molecule is CC(=O)/C=C(\C)NNC(=O)c1ccccc1O. The zero-order valence-electron chi connectivity index (χ0n) is 9.65. The maximum atomic E-state index is 11.6. The van der Waals surface area contributed by atoms with Gasteiger partial charge in [-0.15, -0.1) is 0 Å². The summed E-state index contributed by atoms with van der Waals surface area (Å²) in [6, 6.07) is 6.19. The highest BCUT2D eigenvalue weighted by atomic mass is 16.3. The summed E-state index contributed by atoms with van der Waals surface area (Å²) < 4.78 is 0. The van der Waals surface area contributed by atoms with Gasteiger partial charge in [0.1, 0.15) is 5.75 Å². The molecule has 0 radical (unpaired) electrons. The van der Waals surface area contributed by atoms with Crippen LogP contribution in [0.15, 0.2) is 36.0 Å². The van der Waals surface area contributed by atoms with Crippen LogP contribution in [0, 0.1) is 0 Å². The number of hydrogen-bond acceptors (Lipinski definition) is 4. The molecule has 3 N–H and O–H groups in total. The van der Waals surface area contributed by atoms with E-state index in [1.165, 1.54) is 25.1 Å². The first-order chi connectivity index (χ1) is 8.00. The number of nitrogens with one attached hydrogen (secondary N) is 2. The number of hydrogen-bond donors (Lipinski definition) is 3. The number of carbonyl (C=O) groups excluding carboxylic acids is 2. The lowest BCUT2D eigenvalue weighted by Crippen LogP contribution is -2.36. The number of allylic oxidation sites excluding steroid dienone is 2. The molecule has 0 unspecified atom stereocenters. The number of carbonyl (C=O) groups is 2. The van der Waals surface area contributed by atoms with E-state index in [0.717, 1.165) is 0 Å². The smallest absolute Gasteiger partial charge is 0.273 e. The summed E-state index contributed by atoms with van der Waals surface area (Å²) in [5.41, 5.74) is 5.62. The molecule has 17 heavy (non-hydrogen) atoms. The molecule has 0 bridgehead atoms. The van der Waals surface area contributed by atoms with Gasteiger partial charge >= 0.3 is 0 Å². The number of benzene rings is 1. The second-order valence-electron chi connectivity index (χ2n) is 3.53. The number of amides is 1. The van der Waals surface area contributed by atoms with E-state index in [0.29, 0.717) is 5.70 Å². The molecule has 0 saturated carbocycles. The first kappa shape index (κ1) is 12.8. The van der Waals surface area contributed by atoms with Crippen molar-refractivity contribution in [2.45, 2.75) is 13.8 Å². The van der Waals surface area contributed by atoms with Crippen molar-refractivity contribution in [1.29, 1.82) is 0 Å².